The van der Waals surface area contributed by atoms with Crippen molar-refractivity contribution in [3.63, 3.8) is 0 Å². The van der Waals surface area contributed by atoms with Crippen molar-refractivity contribution in [2.45, 2.75) is 6.54 Å². The van der Waals surface area contributed by atoms with Gasteiger partial charge in [-0.25, -0.2) is 0 Å². The second-order valence-electron chi connectivity index (χ2n) is 3.63. The Labute approximate surface area is 99.7 Å². The third-order valence-electron chi connectivity index (χ3n) is 2.57. The highest BCUT2D eigenvalue weighted by atomic mass is 16.5. The molecule has 1 aromatic carbocycles. The Bertz CT molecular complexity index is 509. The highest BCUT2D eigenvalue weighted by Crippen LogP contribution is 2.24. The Morgan fingerprint density at radius 2 is 2.00 bits per heavy atom. The zero-order chi connectivity index (χ0) is 12.3. The van der Waals surface area contributed by atoms with Crippen molar-refractivity contribution in [2.75, 3.05) is 7.11 Å². The fourth-order valence-electron chi connectivity index (χ4n) is 1.57. The fourth-order valence-corrected chi connectivity index (χ4v) is 1.57. The molecule has 0 saturated carbocycles. The minimum atomic E-state index is 0.129. The van der Waals surface area contributed by atoms with Gasteiger partial charge in [-0.2, -0.15) is 0 Å². The summed E-state index contributed by atoms with van der Waals surface area (Å²) in [6.45, 7) is 0.289. The first kappa shape index (κ1) is 11.4. The lowest BCUT2D eigenvalue weighted by molar-refractivity contribution is 0.415. The molecule has 0 aliphatic heterocycles. The summed E-state index contributed by atoms with van der Waals surface area (Å²) in [7, 11) is 1.63. The molecular weight excluding hydrogens is 216 g/mol. The van der Waals surface area contributed by atoms with E-state index in [4.69, 9.17) is 10.5 Å². The van der Waals surface area contributed by atoms with Crippen LogP contribution in [0.2, 0.25) is 0 Å². The first-order valence-electron chi connectivity index (χ1n) is 5.27. The van der Waals surface area contributed by atoms with Crippen molar-refractivity contribution in [1.82, 2.24) is 4.98 Å². The van der Waals surface area contributed by atoms with E-state index in [9.17, 15) is 5.11 Å². The van der Waals surface area contributed by atoms with E-state index in [0.29, 0.717) is 5.56 Å². The minimum Gasteiger partial charge on any atom is -0.506 e. The van der Waals surface area contributed by atoms with Gasteiger partial charge >= 0.3 is 0 Å². The average Bonchev–Trinajstić information content (AvgIpc) is 2.39. The van der Waals surface area contributed by atoms with Crippen LogP contribution in [-0.4, -0.2) is 17.2 Å². The van der Waals surface area contributed by atoms with Gasteiger partial charge in [0.15, 0.2) is 0 Å². The van der Waals surface area contributed by atoms with Crippen LogP contribution in [0.4, 0.5) is 0 Å². The number of benzene rings is 1. The van der Waals surface area contributed by atoms with Crippen molar-refractivity contribution < 1.29 is 9.84 Å². The molecule has 0 unspecified atom stereocenters. The van der Waals surface area contributed by atoms with Crippen molar-refractivity contribution >= 4 is 0 Å². The van der Waals surface area contributed by atoms with E-state index in [-0.39, 0.29) is 12.3 Å². The SMILES string of the molecule is COc1ccc(-c2cc(CN)c(O)cn2)cc1. The third-order valence-corrected chi connectivity index (χ3v) is 2.57. The van der Waals surface area contributed by atoms with Crippen LogP contribution in [0.5, 0.6) is 11.5 Å². The van der Waals surface area contributed by atoms with E-state index in [0.717, 1.165) is 17.0 Å². The lowest BCUT2D eigenvalue weighted by atomic mass is 10.1. The predicted molar refractivity (Wildman–Crippen MR) is 65.8 cm³/mol. The van der Waals surface area contributed by atoms with E-state index in [1.165, 1.54) is 6.20 Å². The molecule has 4 nitrogen and oxygen atoms in total. The van der Waals surface area contributed by atoms with Crippen LogP contribution in [0, 0.1) is 0 Å². The molecule has 0 bridgehead atoms. The van der Waals surface area contributed by atoms with Gasteiger partial charge < -0.3 is 15.6 Å². The van der Waals surface area contributed by atoms with Crippen LogP contribution in [0.15, 0.2) is 36.5 Å². The fraction of sp³-hybridized carbons (Fsp3) is 0.154. The van der Waals surface area contributed by atoms with E-state index >= 15 is 0 Å². The zero-order valence-electron chi connectivity index (χ0n) is 9.55. The summed E-state index contributed by atoms with van der Waals surface area (Å²) in [6.07, 6.45) is 1.42. The van der Waals surface area contributed by atoms with Gasteiger partial charge in [0.05, 0.1) is 19.0 Å². The summed E-state index contributed by atoms with van der Waals surface area (Å²) < 4.78 is 5.09. The number of ether oxygens (including phenoxy) is 1. The summed E-state index contributed by atoms with van der Waals surface area (Å²) in [5.74, 6) is 0.927. The lowest BCUT2D eigenvalue weighted by Crippen LogP contribution is -1.98. The number of hydrogen-bond donors (Lipinski definition) is 2. The second kappa shape index (κ2) is 4.84. The van der Waals surface area contributed by atoms with Gasteiger partial charge in [-0.3, -0.25) is 4.98 Å². The monoisotopic (exact) mass is 230 g/mol. The molecule has 2 aromatic rings. The highest BCUT2D eigenvalue weighted by Gasteiger charge is 2.04. The third kappa shape index (κ3) is 2.37. The van der Waals surface area contributed by atoms with Crippen LogP contribution < -0.4 is 10.5 Å². The molecule has 1 aromatic heterocycles. The van der Waals surface area contributed by atoms with Gasteiger partial charge in [-0.15, -0.1) is 0 Å². The number of methoxy groups -OCH3 is 1. The molecule has 17 heavy (non-hydrogen) atoms. The molecule has 0 amide bonds. The summed E-state index contributed by atoms with van der Waals surface area (Å²) in [5.41, 5.74) is 7.96. The summed E-state index contributed by atoms with van der Waals surface area (Å²) in [6, 6.07) is 9.35. The Hall–Kier alpha value is -2.07. The predicted octanol–water partition coefficient (Wildman–Crippen LogP) is 1.92. The molecule has 0 spiro atoms. The summed E-state index contributed by atoms with van der Waals surface area (Å²) in [5, 5.41) is 9.50. The number of nitrogens with two attached hydrogens (primary N) is 1. The maximum Gasteiger partial charge on any atom is 0.138 e. The number of nitrogens with zero attached hydrogens (tertiary/aromatic N) is 1. The van der Waals surface area contributed by atoms with E-state index < -0.39 is 0 Å². The quantitative estimate of drug-likeness (QED) is 0.845. The first-order chi connectivity index (χ1) is 8.24. The number of aromatic nitrogens is 1. The number of aromatic hydroxyl groups is 1. The van der Waals surface area contributed by atoms with Crippen LogP contribution in [-0.2, 0) is 6.54 Å². The number of pyridine rings is 1. The number of rotatable bonds is 3. The molecule has 0 fully saturated rings. The van der Waals surface area contributed by atoms with E-state index in [1.54, 1.807) is 13.2 Å². The molecule has 0 saturated heterocycles. The first-order valence-corrected chi connectivity index (χ1v) is 5.27. The van der Waals surface area contributed by atoms with Gasteiger partial charge in [0.1, 0.15) is 11.5 Å². The largest absolute Gasteiger partial charge is 0.506 e. The van der Waals surface area contributed by atoms with Crippen molar-refractivity contribution in [3.05, 3.63) is 42.1 Å². The maximum atomic E-state index is 9.50. The van der Waals surface area contributed by atoms with Crippen LogP contribution in [0.25, 0.3) is 11.3 Å². The Morgan fingerprint density at radius 3 is 2.59 bits per heavy atom. The maximum absolute atomic E-state index is 9.50. The van der Waals surface area contributed by atoms with Gasteiger partial charge in [-0.05, 0) is 30.3 Å². The van der Waals surface area contributed by atoms with Crippen molar-refractivity contribution in [1.29, 1.82) is 0 Å². The molecule has 0 radical (unpaired) electrons. The minimum absolute atomic E-state index is 0.129. The van der Waals surface area contributed by atoms with Gasteiger partial charge in [0, 0.05) is 17.7 Å². The van der Waals surface area contributed by atoms with Gasteiger partial charge in [0.25, 0.3) is 0 Å². The van der Waals surface area contributed by atoms with E-state index in [2.05, 4.69) is 4.98 Å². The normalized spacial score (nSPS) is 10.2. The average molecular weight is 230 g/mol. The smallest absolute Gasteiger partial charge is 0.138 e. The molecule has 88 valence electrons. The molecule has 2 rings (SSSR count). The molecule has 0 aliphatic rings. The molecule has 0 atom stereocenters. The molecule has 3 N–H and O–H groups in total. The van der Waals surface area contributed by atoms with Crippen LogP contribution in [0.3, 0.4) is 0 Å². The molecule has 4 heteroatoms. The topological polar surface area (TPSA) is 68.4 Å². The molecule has 1 heterocycles. The van der Waals surface area contributed by atoms with Gasteiger partial charge in [0.2, 0.25) is 0 Å². The van der Waals surface area contributed by atoms with Crippen LogP contribution in [0.1, 0.15) is 5.56 Å². The van der Waals surface area contributed by atoms with Crippen LogP contribution >= 0.6 is 0 Å². The molecule has 0 aliphatic carbocycles. The lowest BCUT2D eigenvalue weighted by Gasteiger charge is -2.06. The second-order valence-corrected chi connectivity index (χ2v) is 3.63. The zero-order valence-corrected chi connectivity index (χ0v) is 9.55. The summed E-state index contributed by atoms with van der Waals surface area (Å²) in [4.78, 5) is 4.17. The Balaban J connectivity index is 2.38. The van der Waals surface area contributed by atoms with E-state index in [1.807, 2.05) is 24.3 Å². The van der Waals surface area contributed by atoms with Crippen molar-refractivity contribution in [2.24, 2.45) is 5.73 Å². The van der Waals surface area contributed by atoms with Gasteiger partial charge in [-0.1, -0.05) is 0 Å². The standard InChI is InChI=1S/C13H14N2O2/c1-17-11-4-2-9(3-5-11)12-6-10(7-14)13(16)8-15-12/h2-6,8,16H,7,14H2,1H3. The highest BCUT2D eigenvalue weighted by molar-refractivity contribution is 5.61. The molecular formula is C13H14N2O2. The van der Waals surface area contributed by atoms with Crippen molar-refractivity contribution in [3.8, 4) is 22.8 Å². The number of hydrogen-bond acceptors (Lipinski definition) is 4. The summed E-state index contributed by atoms with van der Waals surface area (Å²) >= 11 is 0. The Morgan fingerprint density at radius 1 is 1.29 bits per heavy atom. The Kier molecular flexibility index (Phi) is 3.25.